The van der Waals surface area contributed by atoms with Crippen LogP contribution in [0.3, 0.4) is 0 Å². The molecule has 2 aliphatic heterocycles. The molecular formula is C18H24F4N4O. The fourth-order valence-electron chi connectivity index (χ4n) is 3.71. The second-order valence-electron chi connectivity index (χ2n) is 7.27. The average Bonchev–Trinajstić information content (AvgIpc) is 3.22. The summed E-state index contributed by atoms with van der Waals surface area (Å²) in [6.07, 6.45) is -2.78. The fourth-order valence-corrected chi connectivity index (χ4v) is 3.71. The normalized spacial score (nSPS) is 23.6. The molecule has 0 aromatic heterocycles. The number of urea groups is 1. The Hall–Kier alpha value is -2.03. The lowest BCUT2D eigenvalue weighted by atomic mass is 10.1. The Morgan fingerprint density at radius 1 is 1.11 bits per heavy atom. The molecule has 2 amide bonds. The number of alkyl halides is 3. The summed E-state index contributed by atoms with van der Waals surface area (Å²) in [4.78, 5) is 15.5. The van der Waals surface area contributed by atoms with Crippen molar-refractivity contribution in [2.75, 3.05) is 44.2 Å². The first kappa shape index (κ1) is 19.7. The summed E-state index contributed by atoms with van der Waals surface area (Å²) in [5, 5.41) is 5.57. The third kappa shape index (κ3) is 5.98. The van der Waals surface area contributed by atoms with Crippen LogP contribution in [0.2, 0.25) is 0 Å². The highest BCUT2D eigenvalue weighted by Crippen LogP contribution is 2.23. The second-order valence-corrected chi connectivity index (χ2v) is 7.27. The topological polar surface area (TPSA) is 47.6 Å². The molecular weight excluding hydrogens is 364 g/mol. The summed E-state index contributed by atoms with van der Waals surface area (Å²) in [5.41, 5.74) is 0.957. The number of likely N-dealkylation sites (tertiary alicyclic amines) is 1. The van der Waals surface area contributed by atoms with Crippen molar-refractivity contribution in [2.45, 2.75) is 25.1 Å². The van der Waals surface area contributed by atoms with Crippen molar-refractivity contribution in [1.29, 1.82) is 0 Å². The van der Waals surface area contributed by atoms with Gasteiger partial charge < -0.3 is 15.5 Å². The highest BCUT2D eigenvalue weighted by molar-refractivity contribution is 5.74. The Balaban J connectivity index is 1.36. The summed E-state index contributed by atoms with van der Waals surface area (Å²) in [6.45, 7) is 1.73. The lowest BCUT2D eigenvalue weighted by molar-refractivity contribution is -0.143. The largest absolute Gasteiger partial charge is 0.401 e. The van der Waals surface area contributed by atoms with E-state index in [1.165, 1.54) is 17.0 Å². The third-order valence-electron chi connectivity index (χ3n) is 5.04. The van der Waals surface area contributed by atoms with Gasteiger partial charge in [-0.3, -0.25) is 4.90 Å². The molecule has 3 rings (SSSR count). The number of anilines is 1. The zero-order chi connectivity index (χ0) is 19.4. The molecule has 150 valence electrons. The van der Waals surface area contributed by atoms with Gasteiger partial charge in [0.25, 0.3) is 0 Å². The Bertz CT molecular complexity index is 637. The van der Waals surface area contributed by atoms with Gasteiger partial charge in [0.1, 0.15) is 5.82 Å². The van der Waals surface area contributed by atoms with Gasteiger partial charge in [0.05, 0.1) is 6.54 Å². The first-order valence-electron chi connectivity index (χ1n) is 9.12. The SMILES string of the molecule is O=C(NC[C@@H]1CCN(c2ccc(F)cc2)C1)N[C@@H]1CCN(CC(F)(F)F)C1. The minimum atomic E-state index is -4.21. The molecule has 2 aliphatic rings. The highest BCUT2D eigenvalue weighted by atomic mass is 19.4. The number of carbonyl (C=O) groups is 1. The third-order valence-corrected chi connectivity index (χ3v) is 5.04. The van der Waals surface area contributed by atoms with Crippen LogP contribution >= 0.6 is 0 Å². The number of nitrogens with one attached hydrogen (secondary N) is 2. The van der Waals surface area contributed by atoms with Crippen molar-refractivity contribution in [2.24, 2.45) is 5.92 Å². The first-order valence-corrected chi connectivity index (χ1v) is 9.12. The summed E-state index contributed by atoms with van der Waals surface area (Å²) in [5.74, 6) is 0.0136. The van der Waals surface area contributed by atoms with Crippen LogP contribution in [0.4, 0.5) is 28.0 Å². The number of carbonyl (C=O) groups excluding carboxylic acids is 1. The van der Waals surface area contributed by atoms with Crippen LogP contribution < -0.4 is 15.5 Å². The summed E-state index contributed by atoms with van der Waals surface area (Å²) in [6, 6.07) is 5.74. The first-order chi connectivity index (χ1) is 12.8. The minimum Gasteiger partial charge on any atom is -0.371 e. The van der Waals surface area contributed by atoms with E-state index < -0.39 is 12.7 Å². The highest BCUT2D eigenvalue weighted by Gasteiger charge is 2.34. The number of rotatable bonds is 5. The maximum absolute atomic E-state index is 13.0. The molecule has 27 heavy (non-hydrogen) atoms. The summed E-state index contributed by atoms with van der Waals surface area (Å²) >= 11 is 0. The Kier molecular flexibility index (Phi) is 6.08. The van der Waals surface area contributed by atoms with E-state index in [9.17, 15) is 22.4 Å². The number of nitrogens with zero attached hydrogens (tertiary/aromatic N) is 2. The average molecular weight is 388 g/mol. The lowest BCUT2D eigenvalue weighted by Gasteiger charge is -2.20. The molecule has 0 saturated carbocycles. The molecule has 2 heterocycles. The molecule has 5 nitrogen and oxygen atoms in total. The predicted octanol–water partition coefficient (Wildman–Crippen LogP) is 2.59. The molecule has 0 spiro atoms. The van der Waals surface area contributed by atoms with Crippen molar-refractivity contribution >= 4 is 11.7 Å². The molecule has 2 N–H and O–H groups in total. The van der Waals surface area contributed by atoms with Crippen LogP contribution in [0.25, 0.3) is 0 Å². The van der Waals surface area contributed by atoms with Gasteiger partial charge in [-0.1, -0.05) is 0 Å². The molecule has 0 aliphatic carbocycles. The number of amides is 2. The number of benzene rings is 1. The fraction of sp³-hybridized carbons (Fsp3) is 0.611. The monoisotopic (exact) mass is 388 g/mol. The second kappa shape index (κ2) is 8.33. The van der Waals surface area contributed by atoms with Crippen LogP contribution in [0, 0.1) is 11.7 Å². The molecule has 0 unspecified atom stereocenters. The maximum Gasteiger partial charge on any atom is 0.401 e. The molecule has 0 bridgehead atoms. The zero-order valence-electron chi connectivity index (χ0n) is 14.9. The Labute approximate surface area is 155 Å². The van der Waals surface area contributed by atoms with Crippen LogP contribution in [-0.4, -0.2) is 62.4 Å². The van der Waals surface area contributed by atoms with E-state index in [4.69, 9.17) is 0 Å². The van der Waals surface area contributed by atoms with Gasteiger partial charge >= 0.3 is 12.2 Å². The molecule has 2 saturated heterocycles. The summed E-state index contributed by atoms with van der Waals surface area (Å²) in [7, 11) is 0. The molecule has 1 aromatic rings. The standard InChI is InChI=1S/C18H24F4N4O/c19-14-1-3-16(4-2-14)26-8-5-13(10-26)9-23-17(27)24-15-6-7-25(11-15)12-18(20,21)22/h1-4,13,15H,5-12H2,(H2,23,24,27)/t13-,15+/m0/s1. The van der Waals surface area contributed by atoms with E-state index >= 15 is 0 Å². The van der Waals surface area contributed by atoms with E-state index in [2.05, 4.69) is 15.5 Å². The van der Waals surface area contributed by atoms with Crippen molar-refractivity contribution in [3.63, 3.8) is 0 Å². The van der Waals surface area contributed by atoms with Gasteiger partial charge in [0, 0.05) is 44.5 Å². The van der Waals surface area contributed by atoms with Crippen molar-refractivity contribution < 1.29 is 22.4 Å². The smallest absolute Gasteiger partial charge is 0.371 e. The van der Waals surface area contributed by atoms with Crippen LogP contribution in [0.1, 0.15) is 12.8 Å². The number of halogens is 4. The molecule has 1 aromatic carbocycles. The molecule has 2 atom stereocenters. The molecule has 9 heteroatoms. The van der Waals surface area contributed by atoms with Gasteiger partial charge in [0.15, 0.2) is 0 Å². The van der Waals surface area contributed by atoms with E-state index in [0.29, 0.717) is 19.5 Å². The molecule has 2 fully saturated rings. The van der Waals surface area contributed by atoms with Gasteiger partial charge in [-0.2, -0.15) is 13.2 Å². The maximum atomic E-state index is 13.0. The van der Waals surface area contributed by atoms with Crippen molar-refractivity contribution in [3.05, 3.63) is 30.1 Å². The molecule has 0 radical (unpaired) electrons. The van der Waals surface area contributed by atoms with E-state index in [-0.39, 0.29) is 30.4 Å². The van der Waals surface area contributed by atoms with Crippen molar-refractivity contribution in [3.8, 4) is 0 Å². The van der Waals surface area contributed by atoms with E-state index in [0.717, 1.165) is 25.2 Å². The number of hydrogen-bond acceptors (Lipinski definition) is 3. The minimum absolute atomic E-state index is 0.217. The van der Waals surface area contributed by atoms with Gasteiger partial charge in [-0.15, -0.1) is 0 Å². The van der Waals surface area contributed by atoms with Gasteiger partial charge in [0.2, 0.25) is 0 Å². The van der Waals surface area contributed by atoms with E-state index in [1.807, 2.05) is 0 Å². The summed E-state index contributed by atoms with van der Waals surface area (Å²) < 4.78 is 50.2. The van der Waals surface area contributed by atoms with Gasteiger partial charge in [-0.05, 0) is 43.0 Å². The van der Waals surface area contributed by atoms with Crippen molar-refractivity contribution in [1.82, 2.24) is 15.5 Å². The lowest BCUT2D eigenvalue weighted by Crippen LogP contribution is -2.45. The van der Waals surface area contributed by atoms with Crippen LogP contribution in [0.5, 0.6) is 0 Å². The Morgan fingerprint density at radius 2 is 1.85 bits per heavy atom. The van der Waals surface area contributed by atoms with Gasteiger partial charge in [-0.25, -0.2) is 9.18 Å². The van der Waals surface area contributed by atoms with Crippen LogP contribution in [0.15, 0.2) is 24.3 Å². The predicted molar refractivity (Wildman–Crippen MR) is 94.2 cm³/mol. The zero-order valence-corrected chi connectivity index (χ0v) is 14.9. The quantitative estimate of drug-likeness (QED) is 0.763. The van der Waals surface area contributed by atoms with E-state index in [1.54, 1.807) is 12.1 Å². The number of hydrogen-bond donors (Lipinski definition) is 2. The Morgan fingerprint density at radius 3 is 2.56 bits per heavy atom. The van der Waals surface area contributed by atoms with Crippen LogP contribution in [-0.2, 0) is 0 Å².